The summed E-state index contributed by atoms with van der Waals surface area (Å²) in [5, 5.41) is 10.5. The van der Waals surface area contributed by atoms with Crippen molar-refractivity contribution >= 4 is 16.9 Å². The summed E-state index contributed by atoms with van der Waals surface area (Å²) in [6.45, 7) is 4.08. The summed E-state index contributed by atoms with van der Waals surface area (Å²) in [6, 6.07) is 3.92. The maximum absolute atomic E-state index is 11.9. The summed E-state index contributed by atoms with van der Waals surface area (Å²) in [5.41, 5.74) is 5.59. The van der Waals surface area contributed by atoms with Gasteiger partial charge in [0.25, 0.3) is 0 Å². The first-order valence-corrected chi connectivity index (χ1v) is 7.74. The fraction of sp³-hybridized carbons (Fsp3) is 0.444. The molecule has 0 bridgehead atoms. The molecule has 1 aliphatic rings. The van der Waals surface area contributed by atoms with Gasteiger partial charge < -0.3 is 5.11 Å². The van der Waals surface area contributed by atoms with Crippen LogP contribution < -0.4 is 0 Å². The molecule has 0 fully saturated rings. The Labute approximate surface area is 125 Å². The van der Waals surface area contributed by atoms with Gasteiger partial charge in [0.2, 0.25) is 0 Å². The molecule has 0 radical (unpaired) electrons. The quantitative estimate of drug-likeness (QED) is 0.853. The Morgan fingerprint density at radius 3 is 2.52 bits per heavy atom. The summed E-state index contributed by atoms with van der Waals surface area (Å²) < 4.78 is 0. The Morgan fingerprint density at radius 2 is 1.81 bits per heavy atom. The third-order valence-electron chi connectivity index (χ3n) is 4.67. The Bertz CT molecular complexity index is 719. The van der Waals surface area contributed by atoms with Crippen LogP contribution in [0.25, 0.3) is 10.9 Å². The highest BCUT2D eigenvalue weighted by Gasteiger charge is 2.21. The number of carboxylic acid groups (broad SMARTS) is 1. The second kappa shape index (κ2) is 5.47. The van der Waals surface area contributed by atoms with Crippen LogP contribution >= 0.6 is 0 Å². The zero-order valence-corrected chi connectivity index (χ0v) is 12.7. The second-order valence-corrected chi connectivity index (χ2v) is 6.04. The molecule has 0 amide bonds. The molecular weight excluding hydrogens is 262 g/mol. The summed E-state index contributed by atoms with van der Waals surface area (Å²) in [5.74, 6) is -0.817. The summed E-state index contributed by atoms with van der Waals surface area (Å²) >= 11 is 0. The van der Waals surface area contributed by atoms with Crippen LogP contribution in [0.15, 0.2) is 12.1 Å². The van der Waals surface area contributed by atoms with E-state index in [9.17, 15) is 9.90 Å². The van der Waals surface area contributed by atoms with E-state index in [4.69, 9.17) is 4.98 Å². The maximum atomic E-state index is 11.9. The van der Waals surface area contributed by atoms with Gasteiger partial charge in [-0.2, -0.15) is 0 Å². The average Bonchev–Trinajstić information content (AvgIpc) is 2.42. The van der Waals surface area contributed by atoms with Crippen molar-refractivity contribution in [2.45, 2.75) is 52.4 Å². The van der Waals surface area contributed by atoms with Crippen LogP contribution in [0, 0.1) is 13.8 Å². The van der Waals surface area contributed by atoms with Gasteiger partial charge in [0.15, 0.2) is 0 Å². The lowest BCUT2D eigenvalue weighted by Crippen LogP contribution is -2.12. The molecule has 3 nitrogen and oxygen atoms in total. The van der Waals surface area contributed by atoms with Gasteiger partial charge in [-0.25, -0.2) is 4.79 Å². The Hall–Kier alpha value is -1.90. The van der Waals surface area contributed by atoms with Crippen LogP contribution in [0.3, 0.4) is 0 Å². The SMILES string of the molecule is Cc1ccc2c(C(=O)O)c3c(nc2c1C)CCCCCC3. The molecule has 3 heteroatoms. The van der Waals surface area contributed by atoms with Crippen molar-refractivity contribution in [2.24, 2.45) is 0 Å². The first kappa shape index (κ1) is 14.1. The molecule has 110 valence electrons. The third kappa shape index (κ3) is 2.41. The van der Waals surface area contributed by atoms with Gasteiger partial charge in [-0.1, -0.05) is 25.0 Å². The average molecular weight is 283 g/mol. The highest BCUT2D eigenvalue weighted by molar-refractivity contribution is 6.05. The predicted molar refractivity (Wildman–Crippen MR) is 84.1 cm³/mol. The first-order chi connectivity index (χ1) is 10.1. The minimum atomic E-state index is -0.817. The minimum absolute atomic E-state index is 0.486. The molecule has 3 rings (SSSR count). The predicted octanol–water partition coefficient (Wildman–Crippen LogP) is 4.21. The smallest absolute Gasteiger partial charge is 0.336 e. The standard InChI is InChI=1S/C18H21NO2/c1-11-9-10-14-16(18(20)21)13-7-5-3-4-6-8-15(13)19-17(14)12(11)2/h9-10H,3-8H2,1-2H3,(H,20,21). The minimum Gasteiger partial charge on any atom is -0.478 e. The van der Waals surface area contributed by atoms with Crippen molar-refractivity contribution in [1.82, 2.24) is 4.98 Å². The molecule has 0 aliphatic heterocycles. The number of pyridine rings is 1. The molecule has 2 aromatic rings. The Balaban J connectivity index is 2.36. The zero-order valence-electron chi connectivity index (χ0n) is 12.7. The van der Waals surface area contributed by atoms with Crippen LogP contribution in [0.2, 0.25) is 0 Å². The van der Waals surface area contributed by atoms with Crippen LogP contribution in [0.5, 0.6) is 0 Å². The fourth-order valence-corrected chi connectivity index (χ4v) is 3.32. The van der Waals surface area contributed by atoms with Gasteiger partial charge in [-0.3, -0.25) is 4.98 Å². The molecule has 0 spiro atoms. The number of rotatable bonds is 1. The zero-order chi connectivity index (χ0) is 15.0. The molecular formula is C18H21NO2. The van der Waals surface area contributed by atoms with Crippen molar-refractivity contribution in [3.8, 4) is 0 Å². The van der Waals surface area contributed by atoms with Crippen molar-refractivity contribution < 1.29 is 9.90 Å². The van der Waals surface area contributed by atoms with Crippen molar-refractivity contribution in [2.75, 3.05) is 0 Å². The highest BCUT2D eigenvalue weighted by atomic mass is 16.4. The van der Waals surface area contributed by atoms with E-state index >= 15 is 0 Å². The number of aromatic carboxylic acids is 1. The lowest BCUT2D eigenvalue weighted by Gasteiger charge is -2.18. The van der Waals surface area contributed by atoms with Gasteiger partial charge in [0.1, 0.15) is 0 Å². The molecule has 1 heterocycles. The lowest BCUT2D eigenvalue weighted by atomic mass is 9.90. The van der Waals surface area contributed by atoms with E-state index in [1.807, 2.05) is 26.0 Å². The van der Waals surface area contributed by atoms with Gasteiger partial charge in [0, 0.05) is 11.1 Å². The number of benzene rings is 1. The van der Waals surface area contributed by atoms with Crippen LogP contribution in [0.4, 0.5) is 0 Å². The number of fused-ring (bicyclic) bond motifs is 2. The largest absolute Gasteiger partial charge is 0.478 e. The normalized spacial score (nSPS) is 15.3. The van der Waals surface area contributed by atoms with E-state index in [1.54, 1.807) is 0 Å². The lowest BCUT2D eigenvalue weighted by molar-refractivity contribution is 0.0697. The van der Waals surface area contributed by atoms with E-state index in [0.29, 0.717) is 5.56 Å². The number of carbonyl (C=O) groups is 1. The number of aromatic nitrogens is 1. The van der Waals surface area contributed by atoms with Crippen LogP contribution in [0.1, 0.15) is 58.4 Å². The molecule has 21 heavy (non-hydrogen) atoms. The molecule has 1 N–H and O–H groups in total. The number of hydrogen-bond donors (Lipinski definition) is 1. The molecule has 1 aromatic heterocycles. The Morgan fingerprint density at radius 1 is 1.10 bits per heavy atom. The second-order valence-electron chi connectivity index (χ2n) is 6.04. The van der Waals surface area contributed by atoms with E-state index < -0.39 is 5.97 Å². The van der Waals surface area contributed by atoms with E-state index in [2.05, 4.69) is 0 Å². The number of aryl methyl sites for hydroxylation is 3. The maximum Gasteiger partial charge on any atom is 0.336 e. The third-order valence-corrected chi connectivity index (χ3v) is 4.67. The molecule has 0 saturated heterocycles. The number of hydrogen-bond acceptors (Lipinski definition) is 2. The number of carboxylic acids is 1. The van der Waals surface area contributed by atoms with E-state index in [0.717, 1.165) is 59.0 Å². The van der Waals surface area contributed by atoms with Gasteiger partial charge >= 0.3 is 5.97 Å². The molecule has 0 unspecified atom stereocenters. The van der Waals surface area contributed by atoms with Crippen LogP contribution in [-0.2, 0) is 12.8 Å². The highest BCUT2D eigenvalue weighted by Crippen LogP contribution is 2.30. The first-order valence-electron chi connectivity index (χ1n) is 7.74. The fourth-order valence-electron chi connectivity index (χ4n) is 3.32. The van der Waals surface area contributed by atoms with Crippen molar-refractivity contribution in [3.05, 3.63) is 40.1 Å². The van der Waals surface area contributed by atoms with Gasteiger partial charge in [0.05, 0.1) is 11.1 Å². The molecule has 1 aliphatic carbocycles. The Kier molecular flexibility index (Phi) is 3.66. The van der Waals surface area contributed by atoms with Gasteiger partial charge in [-0.05, 0) is 56.2 Å². The molecule has 1 aromatic carbocycles. The van der Waals surface area contributed by atoms with Gasteiger partial charge in [-0.15, -0.1) is 0 Å². The number of nitrogens with zero attached hydrogens (tertiary/aromatic N) is 1. The van der Waals surface area contributed by atoms with E-state index in [1.165, 1.54) is 12.8 Å². The summed E-state index contributed by atoms with van der Waals surface area (Å²) in [7, 11) is 0. The monoisotopic (exact) mass is 283 g/mol. The van der Waals surface area contributed by atoms with Crippen LogP contribution in [-0.4, -0.2) is 16.1 Å². The summed E-state index contributed by atoms with van der Waals surface area (Å²) in [4.78, 5) is 16.7. The topological polar surface area (TPSA) is 50.2 Å². The van der Waals surface area contributed by atoms with E-state index in [-0.39, 0.29) is 0 Å². The van der Waals surface area contributed by atoms with Crippen molar-refractivity contribution in [1.29, 1.82) is 0 Å². The molecule has 0 saturated carbocycles. The van der Waals surface area contributed by atoms with Crippen molar-refractivity contribution in [3.63, 3.8) is 0 Å². The molecule has 0 atom stereocenters. The summed E-state index contributed by atoms with van der Waals surface area (Å²) in [6.07, 6.45) is 6.31.